The summed E-state index contributed by atoms with van der Waals surface area (Å²) in [5, 5.41) is 14.6. The quantitative estimate of drug-likeness (QED) is 0.467. The van der Waals surface area contributed by atoms with Crippen LogP contribution in [0.3, 0.4) is 0 Å². The maximum absolute atomic E-state index is 14.8. The van der Waals surface area contributed by atoms with E-state index in [4.69, 9.17) is 16.9 Å². The summed E-state index contributed by atoms with van der Waals surface area (Å²) >= 11 is 5.72. The van der Waals surface area contributed by atoms with Crippen LogP contribution >= 0.6 is 11.6 Å². The zero-order chi connectivity index (χ0) is 27.9. The molecule has 212 valence electrons. The maximum atomic E-state index is 14.8. The SMILES string of the molecule is N#CC1CN(S(=O)(=O)N2CCC[C@H](C(=O)N3CCC[C@@H]3C(=O)N[C@@H](c3cc(F)c(Cl)cc3F)C3CNC3)C2)C1. The van der Waals surface area contributed by atoms with Gasteiger partial charge in [-0.1, -0.05) is 11.6 Å². The highest BCUT2D eigenvalue weighted by atomic mass is 35.5. The minimum absolute atomic E-state index is 0.00499. The lowest BCUT2D eigenvalue weighted by Crippen LogP contribution is -2.58. The molecule has 4 saturated heterocycles. The zero-order valence-electron chi connectivity index (χ0n) is 21.3. The van der Waals surface area contributed by atoms with Crippen LogP contribution in [0.15, 0.2) is 12.1 Å². The van der Waals surface area contributed by atoms with Crippen molar-refractivity contribution in [2.75, 3.05) is 45.8 Å². The van der Waals surface area contributed by atoms with Gasteiger partial charge >= 0.3 is 0 Å². The minimum Gasteiger partial charge on any atom is -0.347 e. The smallest absolute Gasteiger partial charge is 0.282 e. The minimum atomic E-state index is -3.77. The van der Waals surface area contributed by atoms with Crippen LogP contribution in [0.1, 0.15) is 37.3 Å². The first-order chi connectivity index (χ1) is 18.6. The van der Waals surface area contributed by atoms with Crippen LogP contribution in [0.2, 0.25) is 5.02 Å². The molecule has 0 saturated carbocycles. The number of amides is 2. The molecule has 0 bridgehead atoms. The van der Waals surface area contributed by atoms with Gasteiger partial charge in [0.15, 0.2) is 0 Å². The van der Waals surface area contributed by atoms with Crippen LogP contribution in [-0.4, -0.2) is 85.6 Å². The fourth-order valence-electron chi connectivity index (χ4n) is 5.78. The van der Waals surface area contributed by atoms with Crippen molar-refractivity contribution in [1.82, 2.24) is 24.1 Å². The topological polar surface area (TPSA) is 126 Å². The lowest BCUT2D eigenvalue weighted by Gasteiger charge is -2.41. The summed E-state index contributed by atoms with van der Waals surface area (Å²) in [7, 11) is -3.77. The van der Waals surface area contributed by atoms with Crippen molar-refractivity contribution >= 4 is 33.6 Å². The molecule has 4 aliphatic rings. The Kier molecular flexibility index (Phi) is 8.13. The normalized spacial score (nSPS) is 25.9. The molecule has 2 amide bonds. The number of rotatable bonds is 7. The number of carbonyl (C=O) groups excluding carboxylic acids is 2. The van der Waals surface area contributed by atoms with Gasteiger partial charge in [0.1, 0.15) is 17.7 Å². The van der Waals surface area contributed by atoms with Crippen LogP contribution in [0.4, 0.5) is 8.78 Å². The average molecular weight is 585 g/mol. The van der Waals surface area contributed by atoms with E-state index in [2.05, 4.69) is 16.7 Å². The van der Waals surface area contributed by atoms with Gasteiger partial charge < -0.3 is 15.5 Å². The molecule has 10 nitrogen and oxygen atoms in total. The molecular weight excluding hydrogens is 554 g/mol. The fourth-order valence-corrected chi connectivity index (χ4v) is 7.73. The third-order valence-corrected chi connectivity index (χ3v) is 10.4. The average Bonchev–Trinajstić information content (AvgIpc) is 3.34. The summed E-state index contributed by atoms with van der Waals surface area (Å²) < 4.78 is 57.5. The number of hydrogen-bond acceptors (Lipinski definition) is 6. The molecule has 0 unspecified atom stereocenters. The van der Waals surface area contributed by atoms with E-state index in [0.29, 0.717) is 51.9 Å². The van der Waals surface area contributed by atoms with Gasteiger partial charge in [0.25, 0.3) is 10.2 Å². The van der Waals surface area contributed by atoms with Crippen molar-refractivity contribution in [1.29, 1.82) is 5.26 Å². The second kappa shape index (κ2) is 11.2. The summed E-state index contributed by atoms with van der Waals surface area (Å²) in [5.41, 5.74) is 0.00499. The van der Waals surface area contributed by atoms with Gasteiger partial charge in [-0.15, -0.1) is 0 Å². The molecule has 0 aliphatic carbocycles. The van der Waals surface area contributed by atoms with Gasteiger partial charge in [-0.2, -0.15) is 22.3 Å². The molecule has 4 fully saturated rings. The van der Waals surface area contributed by atoms with E-state index in [1.807, 2.05) is 0 Å². The lowest BCUT2D eigenvalue weighted by molar-refractivity contribution is -0.143. The van der Waals surface area contributed by atoms with Crippen LogP contribution in [0, 0.1) is 40.7 Å². The first-order valence-corrected chi connectivity index (χ1v) is 15.0. The number of benzene rings is 1. The van der Waals surface area contributed by atoms with E-state index in [9.17, 15) is 26.8 Å². The van der Waals surface area contributed by atoms with E-state index < -0.39 is 45.8 Å². The molecule has 0 spiro atoms. The largest absolute Gasteiger partial charge is 0.347 e. The van der Waals surface area contributed by atoms with Crippen molar-refractivity contribution in [2.24, 2.45) is 17.8 Å². The van der Waals surface area contributed by atoms with Gasteiger partial charge in [0.2, 0.25) is 11.8 Å². The fraction of sp³-hybridized carbons (Fsp3) is 0.640. The second-order valence-corrected chi connectivity index (χ2v) is 13.1. The van der Waals surface area contributed by atoms with Crippen molar-refractivity contribution in [3.8, 4) is 6.07 Å². The first kappa shape index (κ1) is 28.2. The van der Waals surface area contributed by atoms with E-state index in [1.54, 1.807) is 0 Å². The summed E-state index contributed by atoms with van der Waals surface area (Å²) in [6.07, 6.45) is 2.03. The van der Waals surface area contributed by atoms with E-state index >= 15 is 0 Å². The van der Waals surface area contributed by atoms with Gasteiger partial charge in [0.05, 0.1) is 29.0 Å². The Morgan fingerprint density at radius 3 is 2.46 bits per heavy atom. The standard InChI is InChI=1S/C25H31ClF2N6O4S/c26-19-8-20(27)18(7-21(19)28)23(17-10-30-11-17)31-24(35)22-4-2-6-34(22)25(36)16-3-1-5-32(14-16)39(37,38)33-12-15(9-29)13-33/h7-8,15-17,22-23,30H,1-6,10-14H2,(H,31,35)/t16-,22+,23+/m0/s1. The highest BCUT2D eigenvalue weighted by Gasteiger charge is 2.44. The number of nitriles is 1. The molecule has 0 aromatic heterocycles. The molecule has 2 N–H and O–H groups in total. The Labute approximate surface area is 231 Å². The molecule has 1 aromatic rings. The number of piperidine rings is 1. The van der Waals surface area contributed by atoms with Crippen molar-refractivity contribution in [3.05, 3.63) is 34.4 Å². The Hall–Kier alpha value is -2.37. The second-order valence-electron chi connectivity index (χ2n) is 10.7. The number of hydrogen-bond donors (Lipinski definition) is 2. The third-order valence-electron chi connectivity index (χ3n) is 8.21. The third kappa shape index (κ3) is 5.50. The van der Waals surface area contributed by atoms with E-state index in [1.165, 1.54) is 13.5 Å². The molecule has 3 atom stereocenters. The molecule has 0 radical (unpaired) electrons. The van der Waals surface area contributed by atoms with E-state index in [0.717, 1.165) is 12.1 Å². The van der Waals surface area contributed by atoms with Crippen LogP contribution in [-0.2, 0) is 19.8 Å². The zero-order valence-corrected chi connectivity index (χ0v) is 22.9. The Balaban J connectivity index is 1.27. The number of halogens is 3. The van der Waals surface area contributed by atoms with Crippen molar-refractivity contribution < 1.29 is 26.8 Å². The van der Waals surface area contributed by atoms with E-state index in [-0.39, 0.29) is 48.0 Å². The Morgan fingerprint density at radius 1 is 1.08 bits per heavy atom. The molecule has 4 heterocycles. The van der Waals surface area contributed by atoms with Gasteiger partial charge in [-0.05, 0) is 37.8 Å². The van der Waals surface area contributed by atoms with Crippen molar-refractivity contribution in [3.63, 3.8) is 0 Å². The van der Waals surface area contributed by atoms with Crippen molar-refractivity contribution in [2.45, 2.75) is 37.8 Å². The van der Waals surface area contributed by atoms with Crippen LogP contribution in [0.25, 0.3) is 0 Å². The summed E-state index contributed by atoms with van der Waals surface area (Å²) in [4.78, 5) is 28.5. The highest BCUT2D eigenvalue weighted by Crippen LogP contribution is 2.32. The Morgan fingerprint density at radius 2 is 1.79 bits per heavy atom. The Bertz CT molecular complexity index is 1280. The monoisotopic (exact) mass is 584 g/mol. The lowest BCUT2D eigenvalue weighted by atomic mass is 9.87. The molecule has 5 rings (SSSR count). The predicted molar refractivity (Wildman–Crippen MR) is 137 cm³/mol. The number of nitrogens with one attached hydrogen (secondary N) is 2. The number of carbonyl (C=O) groups is 2. The van der Waals surface area contributed by atoms with Crippen LogP contribution in [0.5, 0.6) is 0 Å². The predicted octanol–water partition coefficient (Wildman–Crippen LogP) is 1.40. The van der Waals surface area contributed by atoms with Crippen LogP contribution < -0.4 is 10.6 Å². The first-order valence-electron chi connectivity index (χ1n) is 13.2. The molecule has 14 heteroatoms. The number of likely N-dealkylation sites (tertiary alicyclic amines) is 1. The summed E-state index contributed by atoms with van der Waals surface area (Å²) in [6, 6.07) is 2.38. The summed E-state index contributed by atoms with van der Waals surface area (Å²) in [6.45, 7) is 2.00. The van der Waals surface area contributed by atoms with Gasteiger partial charge in [-0.3, -0.25) is 9.59 Å². The molecule has 1 aromatic carbocycles. The molecule has 39 heavy (non-hydrogen) atoms. The molecular formula is C25H31ClF2N6O4S. The maximum Gasteiger partial charge on any atom is 0.282 e. The van der Waals surface area contributed by atoms with Gasteiger partial charge in [0, 0.05) is 57.3 Å². The number of nitrogens with zero attached hydrogens (tertiary/aromatic N) is 4. The highest BCUT2D eigenvalue weighted by molar-refractivity contribution is 7.86. The molecule has 4 aliphatic heterocycles. The summed E-state index contributed by atoms with van der Waals surface area (Å²) in [5.74, 6) is -3.30. The van der Waals surface area contributed by atoms with Gasteiger partial charge in [-0.25, -0.2) is 8.78 Å².